The number of β-amino-alcohol motifs (C(OH)–C–C–N with tert-alkyl or cyclic N) is 1. The zero-order chi connectivity index (χ0) is 13.0. The van der Waals surface area contributed by atoms with Crippen LogP contribution in [0.1, 0.15) is 12.0 Å². The molecule has 18 heavy (non-hydrogen) atoms. The second kappa shape index (κ2) is 6.02. The monoisotopic (exact) mass is 250 g/mol. The van der Waals surface area contributed by atoms with Crippen LogP contribution in [0.4, 0.5) is 11.5 Å². The predicted octanol–water partition coefficient (Wildman–Crippen LogP) is 0.477. The summed E-state index contributed by atoms with van der Waals surface area (Å²) in [5.74, 6) is 1.01. The fraction of sp³-hybridized carbons (Fsp3) is 0.615. The molecule has 0 bridgehead atoms. The normalized spacial score (nSPS) is 17.8. The molecular weight excluding hydrogens is 228 g/mol. The lowest BCUT2D eigenvalue weighted by atomic mass is 10.2. The van der Waals surface area contributed by atoms with Gasteiger partial charge in [-0.05, 0) is 31.5 Å². The quantitative estimate of drug-likeness (QED) is 0.816. The Morgan fingerprint density at radius 3 is 2.89 bits per heavy atom. The number of hydrogen-bond acceptors (Lipinski definition) is 5. The summed E-state index contributed by atoms with van der Waals surface area (Å²) in [6.45, 7) is 7.00. The molecular formula is C13H22N4O. The molecule has 5 heteroatoms. The summed E-state index contributed by atoms with van der Waals surface area (Å²) in [5, 5.41) is 8.98. The van der Waals surface area contributed by atoms with Crippen LogP contribution in [-0.2, 0) is 0 Å². The molecule has 0 amide bonds. The van der Waals surface area contributed by atoms with Crippen molar-refractivity contribution < 1.29 is 5.11 Å². The van der Waals surface area contributed by atoms with Gasteiger partial charge in [-0.15, -0.1) is 0 Å². The number of aliphatic hydroxyl groups is 1. The molecule has 2 heterocycles. The van der Waals surface area contributed by atoms with Crippen LogP contribution in [0.25, 0.3) is 0 Å². The van der Waals surface area contributed by atoms with Gasteiger partial charge in [-0.2, -0.15) is 0 Å². The number of nitrogen functional groups attached to an aromatic ring is 1. The van der Waals surface area contributed by atoms with Crippen molar-refractivity contribution in [3.05, 3.63) is 17.8 Å². The first kappa shape index (κ1) is 13.1. The van der Waals surface area contributed by atoms with Gasteiger partial charge in [0.2, 0.25) is 0 Å². The van der Waals surface area contributed by atoms with Gasteiger partial charge in [0.05, 0.1) is 18.5 Å². The number of anilines is 2. The van der Waals surface area contributed by atoms with Crippen molar-refractivity contribution in [1.29, 1.82) is 0 Å². The van der Waals surface area contributed by atoms with Crippen molar-refractivity contribution >= 4 is 11.5 Å². The molecule has 0 atom stereocenters. The Labute approximate surface area is 108 Å². The highest BCUT2D eigenvalue weighted by Crippen LogP contribution is 2.18. The minimum atomic E-state index is 0.235. The first-order valence-corrected chi connectivity index (χ1v) is 6.51. The lowest BCUT2D eigenvalue weighted by Gasteiger charge is -2.22. The van der Waals surface area contributed by atoms with Crippen LogP contribution in [0.15, 0.2) is 12.3 Å². The highest BCUT2D eigenvalue weighted by Gasteiger charge is 2.15. The number of aromatic nitrogens is 1. The Kier molecular flexibility index (Phi) is 4.38. The highest BCUT2D eigenvalue weighted by molar-refractivity contribution is 5.52. The summed E-state index contributed by atoms with van der Waals surface area (Å²) in [6.07, 6.45) is 2.84. The Bertz CT molecular complexity index is 397. The Morgan fingerprint density at radius 2 is 2.17 bits per heavy atom. The van der Waals surface area contributed by atoms with E-state index in [1.807, 2.05) is 6.92 Å². The average molecular weight is 250 g/mol. The lowest BCUT2D eigenvalue weighted by molar-refractivity contribution is 0.204. The molecule has 0 radical (unpaired) electrons. The topological polar surface area (TPSA) is 65.6 Å². The SMILES string of the molecule is Cc1cc(N2CCCN(CCO)CC2)ncc1N. The van der Waals surface area contributed by atoms with E-state index in [9.17, 15) is 0 Å². The first-order valence-electron chi connectivity index (χ1n) is 6.51. The van der Waals surface area contributed by atoms with Crippen molar-refractivity contribution in [2.75, 3.05) is 50.0 Å². The maximum atomic E-state index is 8.98. The second-order valence-corrected chi connectivity index (χ2v) is 4.80. The van der Waals surface area contributed by atoms with Crippen LogP contribution in [0.2, 0.25) is 0 Å². The van der Waals surface area contributed by atoms with Crippen LogP contribution in [0.3, 0.4) is 0 Å². The molecule has 1 aliphatic rings. The third-order valence-electron chi connectivity index (χ3n) is 3.47. The van der Waals surface area contributed by atoms with Gasteiger partial charge in [-0.25, -0.2) is 4.98 Å². The number of hydrogen-bond donors (Lipinski definition) is 2. The lowest BCUT2D eigenvalue weighted by Crippen LogP contribution is -2.32. The number of nitrogens with zero attached hydrogens (tertiary/aromatic N) is 3. The highest BCUT2D eigenvalue weighted by atomic mass is 16.3. The van der Waals surface area contributed by atoms with Gasteiger partial charge in [0, 0.05) is 26.2 Å². The fourth-order valence-corrected chi connectivity index (χ4v) is 2.29. The van der Waals surface area contributed by atoms with E-state index in [0.717, 1.165) is 56.2 Å². The largest absolute Gasteiger partial charge is 0.397 e. The Morgan fingerprint density at radius 1 is 1.33 bits per heavy atom. The second-order valence-electron chi connectivity index (χ2n) is 4.80. The van der Waals surface area contributed by atoms with Crippen molar-refractivity contribution in [3.63, 3.8) is 0 Å². The predicted molar refractivity (Wildman–Crippen MR) is 73.7 cm³/mol. The van der Waals surface area contributed by atoms with Crippen LogP contribution in [0, 0.1) is 6.92 Å². The molecule has 0 aromatic carbocycles. The number of nitrogens with two attached hydrogens (primary N) is 1. The van der Waals surface area contributed by atoms with Gasteiger partial charge in [0.1, 0.15) is 5.82 Å². The van der Waals surface area contributed by atoms with Crippen LogP contribution < -0.4 is 10.6 Å². The van der Waals surface area contributed by atoms with E-state index < -0.39 is 0 Å². The molecule has 0 spiro atoms. The average Bonchev–Trinajstić information content (AvgIpc) is 2.59. The number of aliphatic hydroxyl groups excluding tert-OH is 1. The molecule has 2 rings (SSSR count). The molecule has 1 aromatic rings. The summed E-state index contributed by atoms with van der Waals surface area (Å²) in [5.41, 5.74) is 7.62. The zero-order valence-corrected chi connectivity index (χ0v) is 11.0. The van der Waals surface area contributed by atoms with Crippen molar-refractivity contribution in [3.8, 4) is 0 Å². The smallest absolute Gasteiger partial charge is 0.128 e. The van der Waals surface area contributed by atoms with Gasteiger partial charge in [0.15, 0.2) is 0 Å². The molecule has 1 aromatic heterocycles. The maximum absolute atomic E-state index is 8.98. The van der Waals surface area contributed by atoms with E-state index in [1.54, 1.807) is 6.20 Å². The molecule has 1 saturated heterocycles. The van der Waals surface area contributed by atoms with Gasteiger partial charge < -0.3 is 15.7 Å². The van der Waals surface area contributed by atoms with Crippen molar-refractivity contribution in [2.45, 2.75) is 13.3 Å². The van der Waals surface area contributed by atoms with Gasteiger partial charge in [0.25, 0.3) is 0 Å². The van der Waals surface area contributed by atoms with E-state index in [2.05, 4.69) is 20.9 Å². The van der Waals surface area contributed by atoms with Crippen LogP contribution in [0.5, 0.6) is 0 Å². The summed E-state index contributed by atoms with van der Waals surface area (Å²) in [7, 11) is 0. The third kappa shape index (κ3) is 3.11. The van der Waals surface area contributed by atoms with Gasteiger partial charge in [-0.3, -0.25) is 4.90 Å². The summed E-state index contributed by atoms with van der Waals surface area (Å²) in [6, 6.07) is 2.05. The van der Waals surface area contributed by atoms with Crippen LogP contribution >= 0.6 is 0 Å². The van der Waals surface area contributed by atoms with Crippen LogP contribution in [-0.4, -0.2) is 54.3 Å². The third-order valence-corrected chi connectivity index (χ3v) is 3.47. The minimum absolute atomic E-state index is 0.235. The van der Waals surface area contributed by atoms with E-state index in [4.69, 9.17) is 10.8 Å². The molecule has 1 fully saturated rings. The number of aryl methyl sites for hydroxylation is 1. The molecule has 100 valence electrons. The summed E-state index contributed by atoms with van der Waals surface area (Å²) < 4.78 is 0. The van der Waals surface area contributed by atoms with Gasteiger partial charge >= 0.3 is 0 Å². The van der Waals surface area contributed by atoms with Gasteiger partial charge in [-0.1, -0.05) is 0 Å². The number of pyridine rings is 1. The fourth-order valence-electron chi connectivity index (χ4n) is 2.29. The zero-order valence-electron chi connectivity index (χ0n) is 11.0. The summed E-state index contributed by atoms with van der Waals surface area (Å²) >= 11 is 0. The van der Waals surface area contributed by atoms with Crippen molar-refractivity contribution in [2.24, 2.45) is 0 Å². The van der Waals surface area contributed by atoms with E-state index in [-0.39, 0.29) is 6.61 Å². The Hall–Kier alpha value is -1.33. The molecule has 5 nitrogen and oxygen atoms in total. The minimum Gasteiger partial charge on any atom is -0.397 e. The maximum Gasteiger partial charge on any atom is 0.128 e. The standard InChI is InChI=1S/C13H22N4O/c1-11-9-13(15-10-12(11)14)17-4-2-3-16(5-6-17)7-8-18/h9-10,18H,2-8,14H2,1H3. The Balaban J connectivity index is 2.02. The van der Waals surface area contributed by atoms with E-state index >= 15 is 0 Å². The van der Waals surface area contributed by atoms with E-state index in [1.165, 1.54) is 0 Å². The van der Waals surface area contributed by atoms with Crippen molar-refractivity contribution in [1.82, 2.24) is 9.88 Å². The molecule has 0 unspecified atom stereocenters. The first-order chi connectivity index (χ1) is 8.70. The molecule has 1 aliphatic heterocycles. The molecule has 3 N–H and O–H groups in total. The molecule has 0 saturated carbocycles. The number of rotatable bonds is 3. The molecule has 0 aliphatic carbocycles. The summed E-state index contributed by atoms with van der Waals surface area (Å²) in [4.78, 5) is 9.00. The van der Waals surface area contributed by atoms with E-state index in [0.29, 0.717) is 0 Å².